The van der Waals surface area contributed by atoms with Gasteiger partial charge in [0.1, 0.15) is 10.6 Å². The van der Waals surface area contributed by atoms with E-state index in [0.29, 0.717) is 6.54 Å². The molecule has 0 aromatic heterocycles. The molecule has 11 heteroatoms. The zero-order valence-electron chi connectivity index (χ0n) is 13.9. The second-order valence-electron chi connectivity index (χ2n) is 4.81. The van der Waals surface area contributed by atoms with E-state index >= 15 is 0 Å². The predicted octanol–water partition coefficient (Wildman–Crippen LogP) is -0.266. The van der Waals surface area contributed by atoms with Crippen molar-refractivity contribution in [1.29, 1.82) is 0 Å². The lowest BCUT2D eigenvalue weighted by atomic mass is 10.2. The fourth-order valence-electron chi connectivity index (χ4n) is 1.73. The van der Waals surface area contributed by atoms with Crippen LogP contribution in [0, 0.1) is 0 Å². The number of imide groups is 1. The third-order valence-electron chi connectivity index (χ3n) is 2.93. The molecule has 25 heavy (non-hydrogen) atoms. The lowest BCUT2D eigenvalue weighted by Gasteiger charge is -2.14. The Kier molecular flexibility index (Phi) is 6.88. The fourth-order valence-corrected chi connectivity index (χ4v) is 2.45. The summed E-state index contributed by atoms with van der Waals surface area (Å²) in [6.45, 7) is 3.24. The summed E-state index contributed by atoms with van der Waals surface area (Å²) in [5, 5.41) is 9.40. The van der Waals surface area contributed by atoms with Gasteiger partial charge in [0.2, 0.25) is 10.0 Å². The Morgan fingerprint density at radius 2 is 1.92 bits per heavy atom. The van der Waals surface area contributed by atoms with Crippen LogP contribution in [0.25, 0.3) is 0 Å². The molecule has 1 aromatic carbocycles. The number of nitrogens with one attached hydrogen (secondary N) is 2. The van der Waals surface area contributed by atoms with Crippen LogP contribution < -0.4 is 20.5 Å². The number of rotatable bonds is 6. The molecule has 0 fully saturated rings. The van der Waals surface area contributed by atoms with Gasteiger partial charge < -0.3 is 14.8 Å². The molecule has 3 amide bonds. The van der Waals surface area contributed by atoms with E-state index in [-0.39, 0.29) is 11.3 Å². The average Bonchev–Trinajstić information content (AvgIpc) is 2.53. The molecule has 1 unspecified atom stereocenters. The number of hydrogen-bond acceptors (Lipinski definition) is 7. The van der Waals surface area contributed by atoms with Crippen molar-refractivity contribution >= 4 is 27.9 Å². The number of ether oxygens (including phenoxy) is 2. The SMILES string of the molecule is CCNC(=O)NC(=O)C(C)OC(=O)c1ccc(OC)c(S(N)(=O)=O)c1. The number of hydrogen-bond donors (Lipinski definition) is 3. The number of sulfonamides is 1. The first-order valence-electron chi connectivity index (χ1n) is 7.10. The molecule has 0 aliphatic heterocycles. The second-order valence-corrected chi connectivity index (χ2v) is 6.34. The number of methoxy groups -OCH3 is 1. The number of nitrogens with two attached hydrogens (primary N) is 1. The number of benzene rings is 1. The highest BCUT2D eigenvalue weighted by Gasteiger charge is 2.23. The number of amides is 3. The van der Waals surface area contributed by atoms with Crippen LogP contribution in [0.2, 0.25) is 0 Å². The summed E-state index contributed by atoms with van der Waals surface area (Å²) in [7, 11) is -2.89. The van der Waals surface area contributed by atoms with Crippen LogP contribution in [-0.4, -0.2) is 46.1 Å². The van der Waals surface area contributed by atoms with Crippen molar-refractivity contribution in [2.75, 3.05) is 13.7 Å². The van der Waals surface area contributed by atoms with E-state index in [0.717, 1.165) is 6.07 Å². The van der Waals surface area contributed by atoms with E-state index in [9.17, 15) is 22.8 Å². The van der Waals surface area contributed by atoms with Crippen LogP contribution >= 0.6 is 0 Å². The van der Waals surface area contributed by atoms with Gasteiger partial charge in [-0.1, -0.05) is 0 Å². The summed E-state index contributed by atoms with van der Waals surface area (Å²) < 4.78 is 32.9. The van der Waals surface area contributed by atoms with Gasteiger partial charge in [-0.3, -0.25) is 10.1 Å². The number of carbonyl (C=O) groups is 3. The third-order valence-corrected chi connectivity index (χ3v) is 3.87. The Bertz CT molecular complexity index is 777. The van der Waals surface area contributed by atoms with Crippen LogP contribution in [0.15, 0.2) is 23.1 Å². The minimum Gasteiger partial charge on any atom is -0.495 e. The highest BCUT2D eigenvalue weighted by atomic mass is 32.2. The Labute approximate surface area is 144 Å². The summed E-state index contributed by atoms with van der Waals surface area (Å²) in [6.07, 6.45) is -1.28. The molecule has 0 aliphatic rings. The van der Waals surface area contributed by atoms with Gasteiger partial charge >= 0.3 is 12.0 Å². The maximum Gasteiger partial charge on any atom is 0.338 e. The smallest absolute Gasteiger partial charge is 0.338 e. The number of esters is 1. The van der Waals surface area contributed by atoms with E-state index < -0.39 is 38.9 Å². The van der Waals surface area contributed by atoms with Gasteiger partial charge in [0.15, 0.2) is 6.10 Å². The van der Waals surface area contributed by atoms with Crippen LogP contribution in [0.5, 0.6) is 5.75 Å². The summed E-state index contributed by atoms with van der Waals surface area (Å²) in [4.78, 5) is 34.7. The maximum absolute atomic E-state index is 12.1. The molecule has 0 radical (unpaired) electrons. The van der Waals surface area contributed by atoms with Crippen LogP contribution in [0.4, 0.5) is 4.79 Å². The molecule has 4 N–H and O–H groups in total. The molecule has 1 atom stereocenters. The van der Waals surface area contributed by atoms with Gasteiger partial charge in [-0.05, 0) is 32.0 Å². The Balaban J connectivity index is 2.90. The Morgan fingerprint density at radius 3 is 2.44 bits per heavy atom. The minimum absolute atomic E-state index is 0.0407. The van der Waals surface area contributed by atoms with Crippen LogP contribution in [-0.2, 0) is 19.6 Å². The summed E-state index contributed by atoms with van der Waals surface area (Å²) in [5.41, 5.74) is -0.150. The van der Waals surface area contributed by atoms with E-state index in [1.54, 1.807) is 6.92 Å². The second kappa shape index (κ2) is 8.44. The first-order chi connectivity index (χ1) is 11.6. The number of carbonyl (C=O) groups excluding carboxylic acids is 3. The highest BCUT2D eigenvalue weighted by molar-refractivity contribution is 7.89. The molecule has 0 heterocycles. The molecule has 0 saturated carbocycles. The quantitative estimate of drug-likeness (QED) is 0.580. The van der Waals surface area contributed by atoms with Crippen molar-refractivity contribution < 1.29 is 32.3 Å². The molecule has 1 aromatic rings. The standard InChI is InChI=1S/C14H19N3O7S/c1-4-16-14(20)17-12(18)8(2)24-13(19)9-5-6-10(23-3)11(7-9)25(15,21)22/h5-8H,4H2,1-3H3,(H2,15,21,22)(H2,16,17,18,20). The molecular formula is C14H19N3O7S. The van der Waals surface area contributed by atoms with Gasteiger partial charge in [0.25, 0.3) is 5.91 Å². The third kappa shape index (κ3) is 5.72. The maximum atomic E-state index is 12.1. The summed E-state index contributed by atoms with van der Waals surface area (Å²) in [6, 6.07) is 2.74. The molecule has 1 rings (SSSR count). The van der Waals surface area contributed by atoms with Gasteiger partial charge in [0.05, 0.1) is 12.7 Å². The van der Waals surface area contributed by atoms with Crippen molar-refractivity contribution in [3.63, 3.8) is 0 Å². The van der Waals surface area contributed by atoms with E-state index in [4.69, 9.17) is 14.6 Å². The van der Waals surface area contributed by atoms with E-state index in [1.165, 1.54) is 26.2 Å². The molecule has 0 spiro atoms. The summed E-state index contributed by atoms with van der Waals surface area (Å²) >= 11 is 0. The summed E-state index contributed by atoms with van der Waals surface area (Å²) in [5.74, 6) is -1.84. The molecule has 10 nitrogen and oxygen atoms in total. The average molecular weight is 373 g/mol. The van der Waals surface area contributed by atoms with E-state index in [2.05, 4.69) is 5.32 Å². The first-order valence-corrected chi connectivity index (χ1v) is 8.65. The molecule has 138 valence electrons. The van der Waals surface area contributed by atoms with Crippen molar-refractivity contribution in [2.45, 2.75) is 24.8 Å². The minimum atomic E-state index is -4.13. The van der Waals surface area contributed by atoms with Gasteiger partial charge in [-0.2, -0.15) is 0 Å². The Morgan fingerprint density at radius 1 is 1.28 bits per heavy atom. The fraction of sp³-hybridized carbons (Fsp3) is 0.357. The lowest BCUT2D eigenvalue weighted by Crippen LogP contribution is -2.44. The molecule has 0 bridgehead atoms. The monoisotopic (exact) mass is 373 g/mol. The van der Waals surface area contributed by atoms with Crippen LogP contribution in [0.1, 0.15) is 24.2 Å². The zero-order chi connectivity index (χ0) is 19.2. The van der Waals surface area contributed by atoms with Crippen molar-refractivity contribution in [3.8, 4) is 5.75 Å². The zero-order valence-corrected chi connectivity index (χ0v) is 14.7. The largest absolute Gasteiger partial charge is 0.495 e. The lowest BCUT2D eigenvalue weighted by molar-refractivity contribution is -0.127. The van der Waals surface area contributed by atoms with Crippen molar-refractivity contribution in [2.24, 2.45) is 5.14 Å². The molecule has 0 aliphatic carbocycles. The van der Waals surface area contributed by atoms with Gasteiger partial charge in [-0.15, -0.1) is 0 Å². The topological polar surface area (TPSA) is 154 Å². The van der Waals surface area contributed by atoms with Gasteiger partial charge in [0, 0.05) is 6.54 Å². The predicted molar refractivity (Wildman–Crippen MR) is 86.5 cm³/mol. The highest BCUT2D eigenvalue weighted by Crippen LogP contribution is 2.24. The first kappa shape index (κ1) is 20.4. The normalized spacial score (nSPS) is 12.0. The Hall–Kier alpha value is -2.66. The van der Waals surface area contributed by atoms with Gasteiger partial charge in [-0.25, -0.2) is 23.1 Å². The van der Waals surface area contributed by atoms with Crippen molar-refractivity contribution in [3.05, 3.63) is 23.8 Å². The van der Waals surface area contributed by atoms with Crippen LogP contribution in [0.3, 0.4) is 0 Å². The number of urea groups is 1. The van der Waals surface area contributed by atoms with Crippen molar-refractivity contribution in [1.82, 2.24) is 10.6 Å². The molecular weight excluding hydrogens is 354 g/mol. The number of primary sulfonamides is 1. The molecule has 0 saturated heterocycles. The van der Waals surface area contributed by atoms with E-state index in [1.807, 2.05) is 5.32 Å².